The fraction of sp³-hybridized carbons (Fsp3) is 0.333. The Bertz CT molecular complexity index is 908. The van der Waals surface area contributed by atoms with Gasteiger partial charge in [0.15, 0.2) is 0 Å². The van der Waals surface area contributed by atoms with Gasteiger partial charge in [-0.3, -0.25) is 4.31 Å². The van der Waals surface area contributed by atoms with E-state index in [1.165, 1.54) is 4.31 Å². The summed E-state index contributed by atoms with van der Waals surface area (Å²) in [5.74, 6) is 0.763. The molecule has 6 heteroatoms. The topological polar surface area (TPSA) is 49.9 Å². The lowest BCUT2D eigenvalue weighted by molar-refractivity contribution is 0.307. The van der Waals surface area contributed by atoms with Crippen molar-refractivity contribution in [2.45, 2.75) is 18.7 Å². The smallest absolute Gasteiger partial charge is 0.264 e. The molecule has 0 unspecified atom stereocenters. The molecule has 0 atom stereocenters. The third kappa shape index (κ3) is 2.24. The number of hydrogen-bond donors (Lipinski definition) is 0. The molecule has 2 aromatic rings. The minimum atomic E-state index is -3.60. The summed E-state index contributed by atoms with van der Waals surface area (Å²) in [6.07, 6.45) is 0. The summed E-state index contributed by atoms with van der Waals surface area (Å²) >= 11 is 0. The predicted octanol–water partition coefficient (Wildman–Crippen LogP) is 2.71. The van der Waals surface area contributed by atoms with Crippen molar-refractivity contribution in [1.82, 2.24) is 0 Å². The van der Waals surface area contributed by atoms with E-state index in [-0.39, 0.29) is 0 Å². The van der Waals surface area contributed by atoms with Crippen LogP contribution in [0.4, 0.5) is 11.4 Å². The molecule has 0 bridgehead atoms. The second-order valence-corrected chi connectivity index (χ2v) is 8.14. The third-order valence-corrected chi connectivity index (χ3v) is 6.63. The van der Waals surface area contributed by atoms with Gasteiger partial charge in [-0.15, -0.1) is 0 Å². The Labute approximate surface area is 142 Å². The fourth-order valence-corrected chi connectivity index (χ4v) is 5.21. The lowest BCUT2D eigenvalue weighted by Crippen LogP contribution is -2.47. The Morgan fingerprint density at radius 1 is 1.04 bits per heavy atom. The molecule has 0 radical (unpaired) electrons. The van der Waals surface area contributed by atoms with Crippen LogP contribution in [0.15, 0.2) is 41.3 Å². The monoisotopic (exact) mass is 344 g/mol. The van der Waals surface area contributed by atoms with Crippen molar-refractivity contribution in [1.29, 1.82) is 0 Å². The maximum Gasteiger partial charge on any atom is 0.264 e. The molecule has 2 aromatic carbocycles. The molecule has 5 nitrogen and oxygen atoms in total. The van der Waals surface area contributed by atoms with E-state index in [2.05, 4.69) is 4.90 Å². The molecule has 0 spiro atoms. The first-order valence-electron chi connectivity index (χ1n) is 8.09. The zero-order valence-electron chi connectivity index (χ0n) is 13.8. The number of hydrogen-bond acceptors (Lipinski definition) is 4. The average Bonchev–Trinajstić information content (AvgIpc) is 2.55. The molecular weight excluding hydrogens is 324 g/mol. The summed E-state index contributed by atoms with van der Waals surface area (Å²) < 4.78 is 33.8. The standard InChI is InChI=1S/C18H20N2O3S/c1-13-6-7-17(14(2)12-13)24(21,22)20-9-8-19-10-11-23-16-5-3-4-15(20)18(16)19/h3-7,12H,8-11H2,1-2H3. The number of nitrogens with zero attached hydrogens (tertiary/aromatic N) is 2. The second kappa shape index (κ2) is 5.41. The van der Waals surface area contributed by atoms with Gasteiger partial charge in [-0.2, -0.15) is 0 Å². The van der Waals surface area contributed by atoms with E-state index >= 15 is 0 Å². The molecule has 0 aromatic heterocycles. The largest absolute Gasteiger partial charge is 0.489 e. The quantitative estimate of drug-likeness (QED) is 0.840. The van der Waals surface area contributed by atoms with Gasteiger partial charge in [-0.05, 0) is 37.6 Å². The van der Waals surface area contributed by atoms with Gasteiger partial charge in [0.05, 0.1) is 23.7 Å². The Balaban J connectivity index is 1.85. The number of aryl methyl sites for hydroxylation is 2. The van der Waals surface area contributed by atoms with E-state index < -0.39 is 10.0 Å². The summed E-state index contributed by atoms with van der Waals surface area (Å²) in [5, 5.41) is 0. The van der Waals surface area contributed by atoms with Gasteiger partial charge < -0.3 is 9.64 Å². The van der Waals surface area contributed by atoms with Crippen molar-refractivity contribution < 1.29 is 13.2 Å². The molecule has 2 aliphatic rings. The van der Waals surface area contributed by atoms with Crippen molar-refractivity contribution in [3.8, 4) is 5.75 Å². The van der Waals surface area contributed by atoms with Crippen LogP contribution in [0.1, 0.15) is 11.1 Å². The molecule has 0 saturated heterocycles. The van der Waals surface area contributed by atoms with Gasteiger partial charge >= 0.3 is 0 Å². The Morgan fingerprint density at radius 2 is 1.88 bits per heavy atom. The van der Waals surface area contributed by atoms with Gasteiger partial charge in [-0.1, -0.05) is 23.8 Å². The molecule has 0 fully saturated rings. The van der Waals surface area contributed by atoms with E-state index in [4.69, 9.17) is 4.74 Å². The van der Waals surface area contributed by atoms with E-state index in [1.807, 2.05) is 44.2 Å². The van der Waals surface area contributed by atoms with Gasteiger partial charge in [0.25, 0.3) is 10.0 Å². The van der Waals surface area contributed by atoms with Crippen LogP contribution < -0.4 is 13.9 Å². The minimum Gasteiger partial charge on any atom is -0.489 e. The number of rotatable bonds is 2. The maximum absolute atomic E-state index is 13.3. The maximum atomic E-state index is 13.3. The molecule has 0 aliphatic carbocycles. The van der Waals surface area contributed by atoms with Crippen LogP contribution in [0.25, 0.3) is 0 Å². The Morgan fingerprint density at radius 3 is 2.67 bits per heavy atom. The molecule has 126 valence electrons. The summed E-state index contributed by atoms with van der Waals surface area (Å²) in [4.78, 5) is 2.58. The van der Waals surface area contributed by atoms with Crippen LogP contribution in [-0.2, 0) is 10.0 Å². The van der Waals surface area contributed by atoms with Crippen molar-refractivity contribution in [2.75, 3.05) is 35.4 Å². The second-order valence-electron chi connectivity index (χ2n) is 6.31. The number of anilines is 2. The number of para-hydroxylation sites is 1. The normalized spacial score (nSPS) is 16.6. The van der Waals surface area contributed by atoms with E-state index in [0.717, 1.165) is 29.1 Å². The van der Waals surface area contributed by atoms with Crippen LogP contribution >= 0.6 is 0 Å². The first-order chi connectivity index (χ1) is 11.5. The first kappa shape index (κ1) is 15.3. The molecule has 0 N–H and O–H groups in total. The summed E-state index contributed by atoms with van der Waals surface area (Å²) in [6.45, 7) is 6.37. The lowest BCUT2D eigenvalue weighted by atomic mass is 10.1. The van der Waals surface area contributed by atoms with E-state index in [1.54, 1.807) is 6.07 Å². The molecule has 2 aliphatic heterocycles. The van der Waals surface area contributed by atoms with Crippen LogP contribution in [0.5, 0.6) is 5.75 Å². The van der Waals surface area contributed by atoms with Crippen molar-refractivity contribution in [3.63, 3.8) is 0 Å². The summed E-state index contributed by atoms with van der Waals surface area (Å²) in [5.41, 5.74) is 3.43. The Kier molecular flexibility index (Phi) is 3.46. The van der Waals surface area contributed by atoms with Gasteiger partial charge in [0, 0.05) is 6.54 Å². The lowest BCUT2D eigenvalue weighted by Gasteiger charge is -2.41. The summed E-state index contributed by atoms with van der Waals surface area (Å²) in [7, 11) is -3.60. The zero-order valence-corrected chi connectivity index (χ0v) is 14.6. The highest BCUT2D eigenvalue weighted by Crippen LogP contribution is 2.44. The molecular formula is C18H20N2O3S. The molecule has 2 heterocycles. The summed E-state index contributed by atoms with van der Waals surface area (Å²) in [6, 6.07) is 11.1. The fourth-order valence-electron chi connectivity index (χ4n) is 3.54. The Hall–Kier alpha value is -2.21. The van der Waals surface area contributed by atoms with Crippen molar-refractivity contribution in [2.24, 2.45) is 0 Å². The highest BCUT2D eigenvalue weighted by Gasteiger charge is 2.35. The first-order valence-corrected chi connectivity index (χ1v) is 9.53. The van der Waals surface area contributed by atoms with Crippen LogP contribution in [0.2, 0.25) is 0 Å². The molecule has 0 amide bonds. The molecule has 24 heavy (non-hydrogen) atoms. The number of sulfonamides is 1. The highest BCUT2D eigenvalue weighted by molar-refractivity contribution is 7.93. The predicted molar refractivity (Wildman–Crippen MR) is 94.6 cm³/mol. The zero-order chi connectivity index (χ0) is 16.9. The van der Waals surface area contributed by atoms with Gasteiger partial charge in [0.1, 0.15) is 18.0 Å². The van der Waals surface area contributed by atoms with E-state index in [0.29, 0.717) is 30.3 Å². The third-order valence-electron chi connectivity index (χ3n) is 4.65. The van der Waals surface area contributed by atoms with Gasteiger partial charge in [-0.25, -0.2) is 8.42 Å². The molecule has 0 saturated carbocycles. The van der Waals surface area contributed by atoms with Crippen LogP contribution in [-0.4, -0.2) is 34.7 Å². The van der Waals surface area contributed by atoms with Crippen LogP contribution in [0, 0.1) is 13.8 Å². The van der Waals surface area contributed by atoms with Gasteiger partial charge in [0.2, 0.25) is 0 Å². The van der Waals surface area contributed by atoms with Crippen molar-refractivity contribution in [3.05, 3.63) is 47.5 Å². The van der Waals surface area contributed by atoms with E-state index in [9.17, 15) is 8.42 Å². The average molecular weight is 344 g/mol. The molecule has 4 rings (SSSR count). The number of ether oxygens (including phenoxy) is 1. The van der Waals surface area contributed by atoms with Crippen LogP contribution in [0.3, 0.4) is 0 Å². The number of benzene rings is 2. The SMILES string of the molecule is Cc1ccc(S(=O)(=O)N2CCN3CCOc4cccc2c43)c(C)c1. The van der Waals surface area contributed by atoms with Crippen molar-refractivity contribution >= 4 is 21.4 Å². The highest BCUT2D eigenvalue weighted by atomic mass is 32.2. The minimum absolute atomic E-state index is 0.371.